The summed E-state index contributed by atoms with van der Waals surface area (Å²) in [7, 11) is 6.59. The van der Waals surface area contributed by atoms with Gasteiger partial charge in [-0.1, -0.05) is 24.3 Å². The van der Waals surface area contributed by atoms with Gasteiger partial charge < -0.3 is 18.9 Å². The van der Waals surface area contributed by atoms with Gasteiger partial charge in [-0.2, -0.15) is 0 Å². The second-order valence-electron chi connectivity index (χ2n) is 8.55. The van der Waals surface area contributed by atoms with Crippen LogP contribution in [0.1, 0.15) is 22.5 Å². The van der Waals surface area contributed by atoms with Gasteiger partial charge in [0.15, 0.2) is 23.0 Å². The van der Waals surface area contributed by atoms with Crippen molar-refractivity contribution in [3.63, 3.8) is 0 Å². The van der Waals surface area contributed by atoms with Crippen LogP contribution >= 0.6 is 0 Å². The Hall–Kier alpha value is -4.32. The second-order valence-corrected chi connectivity index (χ2v) is 8.55. The summed E-state index contributed by atoms with van der Waals surface area (Å²) in [6, 6.07) is 20.6. The fraction of sp³-hybridized carbons (Fsp3) is 0.200. The number of ether oxygens (including phenoxy) is 4. The van der Waals surface area contributed by atoms with Crippen molar-refractivity contribution in [2.75, 3.05) is 28.4 Å². The number of pyridine rings is 2. The van der Waals surface area contributed by atoms with Crippen LogP contribution in [0.3, 0.4) is 0 Å². The predicted octanol–water partition coefficient (Wildman–Crippen LogP) is 6.00. The van der Waals surface area contributed by atoms with Gasteiger partial charge in [0.05, 0.1) is 39.8 Å². The lowest BCUT2D eigenvalue weighted by molar-refractivity contribution is 0.356. The smallest absolute Gasteiger partial charge is 0.161 e. The van der Waals surface area contributed by atoms with Gasteiger partial charge in [0.2, 0.25) is 0 Å². The van der Waals surface area contributed by atoms with Crippen molar-refractivity contribution in [2.24, 2.45) is 0 Å². The Morgan fingerprint density at radius 1 is 0.528 bits per heavy atom. The third-order valence-corrected chi connectivity index (χ3v) is 6.44. The first-order chi connectivity index (χ1) is 17.6. The van der Waals surface area contributed by atoms with E-state index in [0.29, 0.717) is 35.8 Å². The summed E-state index contributed by atoms with van der Waals surface area (Å²) in [5.41, 5.74) is 4.35. The van der Waals surface area contributed by atoms with Gasteiger partial charge >= 0.3 is 0 Å². The zero-order chi connectivity index (χ0) is 25.1. The summed E-state index contributed by atoms with van der Waals surface area (Å²) < 4.78 is 22.0. The monoisotopic (exact) mass is 480 g/mol. The minimum Gasteiger partial charge on any atom is -0.493 e. The second kappa shape index (κ2) is 10.1. The molecule has 0 atom stereocenters. The molecule has 0 saturated carbocycles. The molecular formula is C30H28N2O4. The molecule has 0 aliphatic rings. The average Bonchev–Trinajstić information content (AvgIpc) is 2.92. The molecule has 0 unspecified atom stereocenters. The van der Waals surface area contributed by atoms with Crippen molar-refractivity contribution < 1.29 is 18.9 Å². The molecule has 0 N–H and O–H groups in total. The van der Waals surface area contributed by atoms with Gasteiger partial charge in [-0.25, -0.2) is 0 Å². The molecule has 0 aliphatic heterocycles. The number of fused-ring (bicyclic) bond motifs is 2. The van der Waals surface area contributed by atoms with Crippen LogP contribution in [0.2, 0.25) is 0 Å². The maximum absolute atomic E-state index is 5.52. The van der Waals surface area contributed by atoms with Crippen LogP contribution in [0.5, 0.6) is 23.0 Å². The Kier molecular flexibility index (Phi) is 6.58. The molecule has 0 bridgehead atoms. The molecule has 0 aliphatic carbocycles. The molecule has 2 aromatic heterocycles. The molecule has 0 spiro atoms. The van der Waals surface area contributed by atoms with Gasteiger partial charge in [-0.15, -0.1) is 0 Å². The first-order valence-electron chi connectivity index (χ1n) is 11.7. The van der Waals surface area contributed by atoms with Gasteiger partial charge in [0, 0.05) is 36.0 Å². The number of nitrogens with zero attached hydrogens (tertiary/aromatic N) is 2. The molecule has 0 radical (unpaired) electrons. The van der Waals surface area contributed by atoms with Gasteiger partial charge in [-0.05, 0) is 58.3 Å². The van der Waals surface area contributed by atoms with Crippen molar-refractivity contribution in [1.29, 1.82) is 0 Å². The molecule has 36 heavy (non-hydrogen) atoms. The normalized spacial score (nSPS) is 11.0. The SMILES string of the molecule is COc1cc2ccnc(Cc3cccc(Cc4nccc5cc(OC)c(OC)cc45)c3)c2cc1OC. The highest BCUT2D eigenvalue weighted by molar-refractivity contribution is 5.89. The van der Waals surface area contributed by atoms with E-state index in [-0.39, 0.29) is 0 Å². The van der Waals surface area contributed by atoms with Crippen molar-refractivity contribution in [3.05, 3.63) is 95.6 Å². The summed E-state index contributed by atoms with van der Waals surface area (Å²) in [6.45, 7) is 0. The number of benzene rings is 3. The van der Waals surface area contributed by atoms with Crippen molar-refractivity contribution >= 4 is 21.5 Å². The summed E-state index contributed by atoms with van der Waals surface area (Å²) in [6.07, 6.45) is 5.09. The lowest BCUT2D eigenvalue weighted by atomic mass is 9.98. The molecule has 182 valence electrons. The van der Waals surface area contributed by atoms with Crippen molar-refractivity contribution in [1.82, 2.24) is 9.97 Å². The quantitative estimate of drug-likeness (QED) is 0.271. The van der Waals surface area contributed by atoms with Crippen LogP contribution in [-0.4, -0.2) is 38.4 Å². The van der Waals surface area contributed by atoms with Gasteiger partial charge in [0.25, 0.3) is 0 Å². The standard InChI is InChI=1S/C30H28N2O4/c1-33-27-15-21-8-10-31-25(23(21)17-29(27)35-3)13-19-6-5-7-20(12-19)14-26-24-18-30(36-4)28(34-2)16-22(24)9-11-32-26/h5-12,15-18H,13-14H2,1-4H3. The first-order valence-corrected chi connectivity index (χ1v) is 11.7. The molecular weight excluding hydrogens is 452 g/mol. The van der Waals surface area contributed by atoms with Crippen LogP contribution in [0.4, 0.5) is 0 Å². The molecule has 0 fully saturated rings. The van der Waals surface area contributed by atoms with E-state index in [9.17, 15) is 0 Å². The van der Waals surface area contributed by atoms with E-state index in [1.54, 1.807) is 28.4 Å². The topological polar surface area (TPSA) is 62.7 Å². The molecule has 3 aromatic carbocycles. The van der Waals surface area contributed by atoms with E-state index in [2.05, 4.69) is 34.2 Å². The predicted molar refractivity (Wildman–Crippen MR) is 142 cm³/mol. The zero-order valence-corrected chi connectivity index (χ0v) is 20.9. The number of hydrogen-bond acceptors (Lipinski definition) is 6. The summed E-state index contributed by atoms with van der Waals surface area (Å²) in [5.74, 6) is 2.81. The molecule has 0 saturated heterocycles. The van der Waals surface area contributed by atoms with Crippen molar-refractivity contribution in [2.45, 2.75) is 12.8 Å². The maximum Gasteiger partial charge on any atom is 0.161 e. The highest BCUT2D eigenvalue weighted by Gasteiger charge is 2.13. The third-order valence-electron chi connectivity index (χ3n) is 6.44. The van der Waals surface area contributed by atoms with E-state index in [0.717, 1.165) is 32.9 Å². The highest BCUT2D eigenvalue weighted by atomic mass is 16.5. The Morgan fingerprint density at radius 3 is 1.36 bits per heavy atom. The van der Waals surface area contributed by atoms with Gasteiger partial charge in [-0.3, -0.25) is 9.97 Å². The Balaban J connectivity index is 1.47. The van der Waals surface area contributed by atoms with Crippen LogP contribution in [-0.2, 0) is 12.8 Å². The summed E-state index contributed by atoms with van der Waals surface area (Å²) >= 11 is 0. The minimum absolute atomic E-state index is 0.696. The molecule has 2 heterocycles. The number of aromatic nitrogens is 2. The number of rotatable bonds is 8. The van der Waals surface area contributed by atoms with E-state index in [1.165, 1.54) is 11.1 Å². The maximum atomic E-state index is 5.52. The lowest BCUT2D eigenvalue weighted by Crippen LogP contribution is -1.99. The molecule has 5 aromatic rings. The van der Waals surface area contributed by atoms with Crippen LogP contribution < -0.4 is 18.9 Å². The minimum atomic E-state index is 0.696. The average molecular weight is 481 g/mol. The summed E-state index contributed by atoms with van der Waals surface area (Å²) in [5, 5.41) is 4.24. The molecule has 6 heteroatoms. The largest absolute Gasteiger partial charge is 0.493 e. The fourth-order valence-electron chi connectivity index (χ4n) is 4.64. The van der Waals surface area contributed by atoms with E-state index < -0.39 is 0 Å². The van der Waals surface area contributed by atoms with E-state index >= 15 is 0 Å². The lowest BCUT2D eigenvalue weighted by Gasteiger charge is -2.13. The first kappa shape index (κ1) is 23.4. The Morgan fingerprint density at radius 2 is 0.944 bits per heavy atom. The Labute approximate surface area is 210 Å². The number of hydrogen-bond donors (Lipinski definition) is 0. The zero-order valence-electron chi connectivity index (χ0n) is 20.9. The highest BCUT2D eigenvalue weighted by Crippen LogP contribution is 2.35. The van der Waals surface area contributed by atoms with Crippen molar-refractivity contribution in [3.8, 4) is 23.0 Å². The third kappa shape index (κ3) is 4.50. The molecule has 6 nitrogen and oxygen atoms in total. The fourth-order valence-corrected chi connectivity index (χ4v) is 4.64. The summed E-state index contributed by atoms with van der Waals surface area (Å²) in [4.78, 5) is 9.38. The van der Waals surface area contributed by atoms with Crippen LogP contribution in [0, 0.1) is 0 Å². The number of methoxy groups -OCH3 is 4. The molecule has 5 rings (SSSR count). The van der Waals surface area contributed by atoms with Crippen LogP contribution in [0.25, 0.3) is 21.5 Å². The van der Waals surface area contributed by atoms with E-state index in [4.69, 9.17) is 18.9 Å². The Bertz CT molecular complexity index is 1440. The van der Waals surface area contributed by atoms with Crippen LogP contribution in [0.15, 0.2) is 73.1 Å². The van der Waals surface area contributed by atoms with E-state index in [1.807, 2.05) is 48.8 Å². The van der Waals surface area contributed by atoms with Gasteiger partial charge in [0.1, 0.15) is 0 Å². The molecule has 0 amide bonds.